The third kappa shape index (κ3) is 2.77. The molecule has 1 aromatic carbocycles. The average Bonchev–Trinajstić information content (AvgIpc) is 2.26. The fourth-order valence-electron chi connectivity index (χ4n) is 1.40. The minimum Gasteiger partial charge on any atom is -0.389 e. The molecule has 0 heterocycles. The first-order valence-electron chi connectivity index (χ1n) is 4.85. The van der Waals surface area contributed by atoms with Gasteiger partial charge in [-0.3, -0.25) is 14.9 Å². The molecule has 1 amide bonds. The number of primary amides is 1. The summed E-state index contributed by atoms with van der Waals surface area (Å²) in [5.41, 5.74) is 10.6. The molecule has 1 rings (SSSR count). The monoisotopic (exact) mass is 239 g/mol. The summed E-state index contributed by atoms with van der Waals surface area (Å²) in [6.07, 6.45) is -0.811. The lowest BCUT2D eigenvalue weighted by Gasteiger charge is -2.11. The zero-order valence-corrected chi connectivity index (χ0v) is 9.16. The average molecular weight is 239 g/mol. The molecule has 92 valence electrons. The molecule has 5 N–H and O–H groups in total. The molecule has 7 heteroatoms. The standard InChI is InChI=1S/C10H13N3O4/c1-5(14)6-2-3-8(13(16)17)7(4-6)9(11)10(12)15/h2-5,9,14H,11H2,1H3,(H2,12,15). The number of nitrogens with zero attached hydrogens (tertiary/aromatic N) is 1. The van der Waals surface area contributed by atoms with Crippen LogP contribution in [0.1, 0.15) is 30.2 Å². The van der Waals surface area contributed by atoms with Gasteiger partial charge in [-0.1, -0.05) is 0 Å². The Morgan fingerprint density at radius 2 is 2.12 bits per heavy atom. The number of aliphatic hydroxyl groups is 1. The molecule has 0 aliphatic heterocycles. The summed E-state index contributed by atoms with van der Waals surface area (Å²) in [5.74, 6) is -0.865. The van der Waals surface area contributed by atoms with Gasteiger partial charge in [0, 0.05) is 6.07 Å². The Labute approximate surface area is 97.2 Å². The van der Waals surface area contributed by atoms with Gasteiger partial charge in [0.05, 0.1) is 16.6 Å². The minimum absolute atomic E-state index is 0.000833. The minimum atomic E-state index is -1.27. The van der Waals surface area contributed by atoms with Crippen LogP contribution in [-0.4, -0.2) is 15.9 Å². The molecule has 0 aliphatic carbocycles. The number of nitrogens with two attached hydrogens (primary N) is 2. The Morgan fingerprint density at radius 3 is 2.53 bits per heavy atom. The molecular formula is C10H13N3O4. The Morgan fingerprint density at radius 1 is 1.53 bits per heavy atom. The van der Waals surface area contributed by atoms with E-state index in [2.05, 4.69) is 0 Å². The molecule has 0 fully saturated rings. The molecule has 0 saturated heterocycles. The van der Waals surface area contributed by atoms with Crippen molar-refractivity contribution in [3.05, 3.63) is 39.4 Å². The lowest BCUT2D eigenvalue weighted by atomic mass is 10.00. The van der Waals surface area contributed by atoms with Gasteiger partial charge in [-0.15, -0.1) is 0 Å². The molecular weight excluding hydrogens is 226 g/mol. The lowest BCUT2D eigenvalue weighted by molar-refractivity contribution is -0.385. The first-order valence-corrected chi connectivity index (χ1v) is 4.85. The summed E-state index contributed by atoms with van der Waals surface area (Å²) in [6, 6.07) is 2.65. The number of nitro benzene ring substituents is 1. The normalized spacial score (nSPS) is 14.1. The van der Waals surface area contributed by atoms with Gasteiger partial charge in [0.25, 0.3) is 5.69 Å². The van der Waals surface area contributed by atoms with Gasteiger partial charge in [0.15, 0.2) is 0 Å². The SMILES string of the molecule is CC(O)c1ccc([N+](=O)[O-])c(C(N)C(N)=O)c1. The van der Waals surface area contributed by atoms with Crippen molar-refractivity contribution in [1.29, 1.82) is 0 Å². The highest BCUT2D eigenvalue weighted by Crippen LogP contribution is 2.27. The van der Waals surface area contributed by atoms with Crippen molar-refractivity contribution in [2.75, 3.05) is 0 Å². The second-order valence-corrected chi connectivity index (χ2v) is 3.63. The summed E-state index contributed by atoms with van der Waals surface area (Å²) in [4.78, 5) is 21.1. The van der Waals surface area contributed by atoms with Crippen molar-refractivity contribution >= 4 is 11.6 Å². The maximum absolute atomic E-state index is 11.0. The smallest absolute Gasteiger partial charge is 0.274 e. The molecule has 0 bridgehead atoms. The summed E-state index contributed by atoms with van der Waals surface area (Å²) < 4.78 is 0. The van der Waals surface area contributed by atoms with Crippen LogP contribution in [-0.2, 0) is 4.79 Å². The van der Waals surface area contributed by atoms with Gasteiger partial charge >= 0.3 is 0 Å². The predicted molar refractivity (Wildman–Crippen MR) is 59.9 cm³/mol. The maximum Gasteiger partial charge on any atom is 0.274 e. The second-order valence-electron chi connectivity index (χ2n) is 3.63. The zero-order valence-electron chi connectivity index (χ0n) is 9.16. The van der Waals surface area contributed by atoms with Crippen molar-refractivity contribution in [2.24, 2.45) is 11.5 Å². The summed E-state index contributed by atoms with van der Waals surface area (Å²) in [5, 5.41) is 20.1. The zero-order chi connectivity index (χ0) is 13.2. The van der Waals surface area contributed by atoms with Crippen molar-refractivity contribution in [3.8, 4) is 0 Å². The first-order chi connectivity index (χ1) is 7.84. The number of carbonyl (C=O) groups is 1. The number of aliphatic hydroxyl groups excluding tert-OH is 1. The number of carbonyl (C=O) groups excluding carboxylic acids is 1. The van der Waals surface area contributed by atoms with Crippen LogP contribution in [0, 0.1) is 10.1 Å². The van der Waals surface area contributed by atoms with E-state index in [-0.39, 0.29) is 11.3 Å². The van der Waals surface area contributed by atoms with Crippen LogP contribution in [0.25, 0.3) is 0 Å². The summed E-state index contributed by atoms with van der Waals surface area (Å²) in [6.45, 7) is 1.50. The number of rotatable bonds is 4. The summed E-state index contributed by atoms with van der Waals surface area (Å²) in [7, 11) is 0. The number of amides is 1. The van der Waals surface area contributed by atoms with E-state index in [1.165, 1.54) is 25.1 Å². The fraction of sp³-hybridized carbons (Fsp3) is 0.300. The van der Waals surface area contributed by atoms with E-state index in [1.807, 2.05) is 0 Å². The Balaban J connectivity index is 3.35. The van der Waals surface area contributed by atoms with Crippen LogP contribution < -0.4 is 11.5 Å². The van der Waals surface area contributed by atoms with Crippen LogP contribution in [0.3, 0.4) is 0 Å². The van der Waals surface area contributed by atoms with Crippen LogP contribution >= 0.6 is 0 Å². The Bertz CT molecular complexity index is 459. The third-order valence-corrected chi connectivity index (χ3v) is 2.37. The molecule has 2 unspecified atom stereocenters. The van der Waals surface area contributed by atoms with Crippen molar-refractivity contribution in [3.63, 3.8) is 0 Å². The van der Waals surface area contributed by atoms with Gasteiger partial charge in [-0.2, -0.15) is 0 Å². The number of hydrogen-bond donors (Lipinski definition) is 3. The largest absolute Gasteiger partial charge is 0.389 e. The Hall–Kier alpha value is -1.99. The van der Waals surface area contributed by atoms with Crippen molar-refractivity contribution < 1.29 is 14.8 Å². The van der Waals surface area contributed by atoms with E-state index < -0.39 is 23.0 Å². The van der Waals surface area contributed by atoms with E-state index in [1.54, 1.807) is 0 Å². The van der Waals surface area contributed by atoms with Gasteiger partial charge in [0.1, 0.15) is 6.04 Å². The quantitative estimate of drug-likeness (QED) is 0.507. The van der Waals surface area contributed by atoms with E-state index in [0.717, 1.165) is 0 Å². The van der Waals surface area contributed by atoms with Gasteiger partial charge < -0.3 is 16.6 Å². The number of nitro groups is 1. The molecule has 0 aromatic heterocycles. The maximum atomic E-state index is 11.0. The van der Waals surface area contributed by atoms with Crippen LogP contribution in [0.4, 0.5) is 5.69 Å². The van der Waals surface area contributed by atoms with E-state index >= 15 is 0 Å². The Kier molecular flexibility index (Phi) is 3.77. The van der Waals surface area contributed by atoms with Crippen LogP contribution in [0.2, 0.25) is 0 Å². The van der Waals surface area contributed by atoms with Crippen molar-refractivity contribution in [2.45, 2.75) is 19.1 Å². The molecule has 2 atom stereocenters. The number of benzene rings is 1. The van der Waals surface area contributed by atoms with Crippen LogP contribution in [0.5, 0.6) is 0 Å². The molecule has 7 nitrogen and oxygen atoms in total. The van der Waals surface area contributed by atoms with Gasteiger partial charge in [-0.25, -0.2) is 0 Å². The van der Waals surface area contributed by atoms with E-state index in [4.69, 9.17) is 11.5 Å². The van der Waals surface area contributed by atoms with Crippen molar-refractivity contribution in [1.82, 2.24) is 0 Å². The van der Waals surface area contributed by atoms with Crippen LogP contribution in [0.15, 0.2) is 18.2 Å². The highest BCUT2D eigenvalue weighted by molar-refractivity contribution is 5.82. The first kappa shape index (κ1) is 13.1. The molecule has 0 saturated carbocycles. The van der Waals surface area contributed by atoms with E-state index in [9.17, 15) is 20.0 Å². The lowest BCUT2D eigenvalue weighted by Crippen LogP contribution is -2.29. The molecule has 17 heavy (non-hydrogen) atoms. The highest BCUT2D eigenvalue weighted by Gasteiger charge is 2.24. The predicted octanol–water partition coefficient (Wildman–Crippen LogP) is 0.133. The molecule has 1 aromatic rings. The van der Waals surface area contributed by atoms with E-state index in [0.29, 0.717) is 5.56 Å². The molecule has 0 spiro atoms. The second kappa shape index (κ2) is 4.89. The molecule has 0 radical (unpaired) electrons. The molecule has 0 aliphatic rings. The summed E-state index contributed by atoms with van der Waals surface area (Å²) >= 11 is 0. The fourth-order valence-corrected chi connectivity index (χ4v) is 1.40. The highest BCUT2D eigenvalue weighted by atomic mass is 16.6. The number of hydrogen-bond acceptors (Lipinski definition) is 5. The van der Waals surface area contributed by atoms with Gasteiger partial charge in [-0.05, 0) is 24.6 Å². The van der Waals surface area contributed by atoms with Gasteiger partial charge in [0.2, 0.25) is 5.91 Å². The third-order valence-electron chi connectivity index (χ3n) is 2.37. The topological polar surface area (TPSA) is 132 Å².